The zero-order valence-electron chi connectivity index (χ0n) is 8.69. The molecular weight excluding hydrogens is 192 g/mol. The molecule has 80 valence electrons. The number of aliphatic hydroxyl groups excluding tert-OH is 1. The van der Waals surface area contributed by atoms with Crippen LogP contribution in [0.2, 0.25) is 0 Å². The molecule has 0 fully saturated rings. The van der Waals surface area contributed by atoms with Gasteiger partial charge < -0.3 is 9.84 Å². The second kappa shape index (κ2) is 4.03. The van der Waals surface area contributed by atoms with Crippen LogP contribution in [0.15, 0.2) is 18.2 Å². The first-order valence-electron chi connectivity index (χ1n) is 5.05. The van der Waals surface area contributed by atoms with E-state index >= 15 is 0 Å². The Labute approximate surface area is 88.7 Å². The van der Waals surface area contributed by atoms with Crippen LogP contribution in [0.25, 0.3) is 0 Å². The number of aliphatic hydroxyl groups is 1. The average molecular weight is 206 g/mol. The number of rotatable bonds is 2. The predicted octanol–water partition coefficient (Wildman–Crippen LogP) is 1.43. The van der Waals surface area contributed by atoms with E-state index in [2.05, 4.69) is 0 Å². The zero-order chi connectivity index (χ0) is 10.8. The van der Waals surface area contributed by atoms with Gasteiger partial charge in [0.25, 0.3) is 0 Å². The van der Waals surface area contributed by atoms with Crippen molar-refractivity contribution in [3.05, 3.63) is 29.3 Å². The van der Waals surface area contributed by atoms with Crippen molar-refractivity contribution in [2.75, 3.05) is 13.7 Å². The highest BCUT2D eigenvalue weighted by Gasteiger charge is 2.24. The molecule has 0 saturated heterocycles. The minimum absolute atomic E-state index is 0.0806. The highest BCUT2D eigenvalue weighted by atomic mass is 16.5. The molecule has 15 heavy (non-hydrogen) atoms. The lowest BCUT2D eigenvalue weighted by molar-refractivity contribution is 0.0918. The van der Waals surface area contributed by atoms with Gasteiger partial charge in [-0.15, -0.1) is 0 Å². The van der Waals surface area contributed by atoms with Gasteiger partial charge in [0.15, 0.2) is 5.78 Å². The van der Waals surface area contributed by atoms with Gasteiger partial charge in [0, 0.05) is 18.6 Å². The van der Waals surface area contributed by atoms with Crippen LogP contribution in [0.5, 0.6) is 5.75 Å². The molecule has 1 aromatic carbocycles. The molecule has 0 radical (unpaired) electrons. The Morgan fingerprint density at radius 3 is 2.93 bits per heavy atom. The number of carbonyl (C=O) groups is 1. The second-order valence-corrected chi connectivity index (χ2v) is 3.90. The summed E-state index contributed by atoms with van der Waals surface area (Å²) >= 11 is 0. The molecule has 0 aliphatic heterocycles. The maximum Gasteiger partial charge on any atom is 0.163 e. The van der Waals surface area contributed by atoms with Crippen LogP contribution in [0.1, 0.15) is 22.3 Å². The largest absolute Gasteiger partial charge is 0.497 e. The monoisotopic (exact) mass is 206 g/mol. The third-order valence-corrected chi connectivity index (χ3v) is 2.86. The van der Waals surface area contributed by atoms with E-state index in [0.29, 0.717) is 12.2 Å². The number of Topliss-reactive ketones (excluding diaryl/α,β-unsaturated/α-hetero) is 1. The molecule has 1 aliphatic rings. The van der Waals surface area contributed by atoms with Crippen LogP contribution in [-0.4, -0.2) is 24.6 Å². The lowest BCUT2D eigenvalue weighted by Gasteiger charge is -2.22. The summed E-state index contributed by atoms with van der Waals surface area (Å²) in [6, 6.07) is 5.55. The van der Waals surface area contributed by atoms with Crippen LogP contribution in [0.3, 0.4) is 0 Å². The Hall–Kier alpha value is -1.35. The van der Waals surface area contributed by atoms with Gasteiger partial charge in [0.1, 0.15) is 5.75 Å². The van der Waals surface area contributed by atoms with Crippen molar-refractivity contribution in [2.24, 2.45) is 5.92 Å². The number of hydrogen-bond donors (Lipinski definition) is 1. The molecule has 0 amide bonds. The van der Waals surface area contributed by atoms with Crippen molar-refractivity contribution in [1.29, 1.82) is 0 Å². The van der Waals surface area contributed by atoms with E-state index in [1.54, 1.807) is 13.2 Å². The number of ether oxygens (including phenoxy) is 1. The number of fused-ring (bicyclic) bond motifs is 1. The fraction of sp³-hybridized carbons (Fsp3) is 0.417. The summed E-state index contributed by atoms with van der Waals surface area (Å²) < 4.78 is 5.08. The Balaban J connectivity index is 2.37. The molecule has 3 heteroatoms. The quantitative estimate of drug-likeness (QED) is 0.796. The van der Waals surface area contributed by atoms with E-state index < -0.39 is 0 Å². The summed E-state index contributed by atoms with van der Waals surface area (Å²) in [5, 5.41) is 9.06. The summed E-state index contributed by atoms with van der Waals surface area (Å²) in [5.74, 6) is 0.900. The average Bonchev–Trinajstić information content (AvgIpc) is 2.28. The van der Waals surface area contributed by atoms with Crippen LogP contribution < -0.4 is 4.74 Å². The van der Waals surface area contributed by atoms with Crippen LogP contribution in [-0.2, 0) is 6.42 Å². The number of ketones is 1. The van der Waals surface area contributed by atoms with Gasteiger partial charge in [-0.3, -0.25) is 4.79 Å². The fourth-order valence-electron chi connectivity index (χ4n) is 2.00. The second-order valence-electron chi connectivity index (χ2n) is 3.90. The minimum atomic E-state index is 0.0806. The van der Waals surface area contributed by atoms with Gasteiger partial charge in [-0.05, 0) is 30.0 Å². The van der Waals surface area contributed by atoms with Crippen molar-refractivity contribution in [3.63, 3.8) is 0 Å². The van der Waals surface area contributed by atoms with E-state index in [9.17, 15) is 4.79 Å². The molecule has 1 aliphatic carbocycles. The molecule has 1 N–H and O–H groups in total. The van der Waals surface area contributed by atoms with E-state index in [0.717, 1.165) is 17.5 Å². The molecule has 0 unspecified atom stereocenters. The first-order chi connectivity index (χ1) is 7.24. The molecule has 0 saturated carbocycles. The molecule has 1 aromatic rings. The summed E-state index contributed by atoms with van der Waals surface area (Å²) in [4.78, 5) is 11.8. The highest BCUT2D eigenvalue weighted by Crippen LogP contribution is 2.28. The van der Waals surface area contributed by atoms with Crippen LogP contribution in [0, 0.1) is 5.92 Å². The van der Waals surface area contributed by atoms with Crippen molar-refractivity contribution >= 4 is 5.78 Å². The summed E-state index contributed by atoms with van der Waals surface area (Å²) in [6.07, 6.45) is 1.22. The van der Waals surface area contributed by atoms with Gasteiger partial charge in [0.2, 0.25) is 0 Å². The molecule has 3 nitrogen and oxygen atoms in total. The van der Waals surface area contributed by atoms with E-state index in [4.69, 9.17) is 9.84 Å². The smallest absolute Gasteiger partial charge is 0.163 e. The van der Waals surface area contributed by atoms with Gasteiger partial charge in [-0.25, -0.2) is 0 Å². The molecule has 0 bridgehead atoms. The normalized spacial score (nSPS) is 19.9. The van der Waals surface area contributed by atoms with E-state index in [1.165, 1.54) is 0 Å². The molecule has 0 spiro atoms. The van der Waals surface area contributed by atoms with E-state index in [1.807, 2.05) is 12.1 Å². The maximum absolute atomic E-state index is 11.8. The van der Waals surface area contributed by atoms with Crippen molar-refractivity contribution in [3.8, 4) is 5.75 Å². The van der Waals surface area contributed by atoms with E-state index in [-0.39, 0.29) is 18.3 Å². The number of hydrogen-bond acceptors (Lipinski definition) is 3. The van der Waals surface area contributed by atoms with Crippen molar-refractivity contribution < 1.29 is 14.6 Å². The van der Waals surface area contributed by atoms with Crippen molar-refractivity contribution in [1.82, 2.24) is 0 Å². The van der Waals surface area contributed by atoms with Gasteiger partial charge in [-0.2, -0.15) is 0 Å². The SMILES string of the molecule is COc1ccc2c(c1)C(=O)C[C@H](CO)C2. The number of carbonyl (C=O) groups excluding carboxylic acids is 1. The standard InChI is InChI=1S/C12H14O3/c1-15-10-3-2-9-4-8(7-13)5-12(14)11(9)6-10/h2-3,6,8,13H,4-5,7H2,1H3/t8-/m1/s1. The lowest BCUT2D eigenvalue weighted by atomic mass is 9.83. The lowest BCUT2D eigenvalue weighted by Crippen LogP contribution is -2.22. The first kappa shape index (κ1) is 10.2. The third kappa shape index (κ3) is 1.88. The fourth-order valence-corrected chi connectivity index (χ4v) is 2.00. The molecule has 0 aromatic heterocycles. The molecular formula is C12H14O3. The molecule has 1 atom stereocenters. The molecule has 2 rings (SSSR count). The topological polar surface area (TPSA) is 46.5 Å². The minimum Gasteiger partial charge on any atom is -0.497 e. The summed E-state index contributed by atoms with van der Waals surface area (Å²) in [6.45, 7) is 0.0806. The van der Waals surface area contributed by atoms with Crippen LogP contribution >= 0.6 is 0 Å². The van der Waals surface area contributed by atoms with Gasteiger partial charge in [-0.1, -0.05) is 6.07 Å². The Kier molecular flexibility index (Phi) is 2.73. The van der Waals surface area contributed by atoms with Gasteiger partial charge in [0.05, 0.1) is 7.11 Å². The number of methoxy groups -OCH3 is 1. The van der Waals surface area contributed by atoms with Crippen molar-refractivity contribution in [2.45, 2.75) is 12.8 Å². The summed E-state index contributed by atoms with van der Waals surface area (Å²) in [5.41, 5.74) is 1.77. The van der Waals surface area contributed by atoms with Gasteiger partial charge >= 0.3 is 0 Å². The van der Waals surface area contributed by atoms with Crippen LogP contribution in [0.4, 0.5) is 0 Å². The zero-order valence-corrected chi connectivity index (χ0v) is 8.69. The highest BCUT2D eigenvalue weighted by molar-refractivity contribution is 5.99. The Morgan fingerprint density at radius 2 is 2.27 bits per heavy atom. The first-order valence-corrected chi connectivity index (χ1v) is 5.05. The molecule has 0 heterocycles. The summed E-state index contributed by atoms with van der Waals surface area (Å²) in [7, 11) is 1.59. The third-order valence-electron chi connectivity index (χ3n) is 2.86. The predicted molar refractivity (Wildman–Crippen MR) is 56.2 cm³/mol. The Morgan fingerprint density at radius 1 is 1.47 bits per heavy atom. The number of benzene rings is 1. The maximum atomic E-state index is 11.8. The Bertz CT molecular complexity index is 384.